The number of anilines is 1. The Morgan fingerprint density at radius 2 is 2.28 bits per heavy atom. The van der Waals surface area contributed by atoms with Crippen LogP contribution in [0.4, 0.5) is 5.69 Å². The van der Waals surface area contributed by atoms with Gasteiger partial charge in [-0.05, 0) is 37.5 Å². The molecule has 1 amide bonds. The highest BCUT2D eigenvalue weighted by Crippen LogP contribution is 2.23. The molecule has 0 bridgehead atoms. The van der Waals surface area contributed by atoms with Crippen LogP contribution in [0.15, 0.2) is 18.2 Å². The van der Waals surface area contributed by atoms with Crippen LogP contribution in [0, 0.1) is 0 Å². The zero-order chi connectivity index (χ0) is 13.1. The lowest BCUT2D eigenvalue weighted by molar-refractivity contribution is 0.0722. The summed E-state index contributed by atoms with van der Waals surface area (Å²) in [7, 11) is 1.65. The van der Waals surface area contributed by atoms with E-state index in [0.29, 0.717) is 11.3 Å². The second-order valence-corrected chi connectivity index (χ2v) is 4.56. The largest absolute Gasteiger partial charge is 0.508 e. The van der Waals surface area contributed by atoms with Crippen molar-refractivity contribution in [3.63, 3.8) is 0 Å². The number of amides is 1. The van der Waals surface area contributed by atoms with Crippen LogP contribution in [0.1, 0.15) is 29.6 Å². The van der Waals surface area contributed by atoms with Gasteiger partial charge in [0.05, 0.1) is 17.7 Å². The van der Waals surface area contributed by atoms with Crippen molar-refractivity contribution in [1.82, 2.24) is 5.32 Å². The van der Waals surface area contributed by atoms with Crippen molar-refractivity contribution in [2.75, 3.05) is 12.8 Å². The fourth-order valence-electron chi connectivity index (χ4n) is 2.36. The van der Waals surface area contributed by atoms with Gasteiger partial charge in [-0.2, -0.15) is 0 Å². The molecule has 98 valence electrons. The van der Waals surface area contributed by atoms with Crippen LogP contribution in [0.5, 0.6) is 5.75 Å². The molecule has 18 heavy (non-hydrogen) atoms. The Labute approximate surface area is 106 Å². The lowest BCUT2D eigenvalue weighted by Crippen LogP contribution is -2.40. The van der Waals surface area contributed by atoms with Gasteiger partial charge in [0.25, 0.3) is 5.91 Å². The number of hydrogen-bond donors (Lipinski definition) is 3. The number of phenolic OH excluding ortho intramolecular Hbond substituents is 1. The van der Waals surface area contributed by atoms with E-state index in [2.05, 4.69) is 5.32 Å². The Morgan fingerprint density at radius 3 is 3.00 bits per heavy atom. The lowest BCUT2D eigenvalue weighted by atomic mass is 10.1. The van der Waals surface area contributed by atoms with E-state index in [-0.39, 0.29) is 23.8 Å². The highest BCUT2D eigenvalue weighted by Gasteiger charge is 2.29. The first kappa shape index (κ1) is 12.7. The van der Waals surface area contributed by atoms with Crippen molar-refractivity contribution >= 4 is 11.6 Å². The van der Waals surface area contributed by atoms with Crippen LogP contribution in [0.2, 0.25) is 0 Å². The summed E-state index contributed by atoms with van der Waals surface area (Å²) in [6.07, 6.45) is 2.96. The smallest absolute Gasteiger partial charge is 0.253 e. The van der Waals surface area contributed by atoms with Crippen molar-refractivity contribution in [2.24, 2.45) is 0 Å². The summed E-state index contributed by atoms with van der Waals surface area (Å²) in [5, 5.41) is 12.3. The molecular formula is C13H18N2O3. The third-order valence-corrected chi connectivity index (χ3v) is 3.35. The fraction of sp³-hybridized carbons (Fsp3) is 0.462. The summed E-state index contributed by atoms with van der Waals surface area (Å²) in [5.41, 5.74) is 6.39. The van der Waals surface area contributed by atoms with Gasteiger partial charge in [-0.1, -0.05) is 0 Å². The summed E-state index contributed by atoms with van der Waals surface area (Å²) in [6.45, 7) is 0. The third kappa shape index (κ3) is 2.56. The van der Waals surface area contributed by atoms with E-state index in [0.717, 1.165) is 19.3 Å². The van der Waals surface area contributed by atoms with E-state index in [1.807, 2.05) is 0 Å². The number of aromatic hydroxyl groups is 1. The first-order chi connectivity index (χ1) is 8.61. The number of benzene rings is 1. The van der Waals surface area contributed by atoms with Gasteiger partial charge in [0, 0.05) is 12.8 Å². The number of nitrogens with two attached hydrogens (primary N) is 1. The minimum Gasteiger partial charge on any atom is -0.508 e. The number of rotatable bonds is 3. The molecular weight excluding hydrogens is 232 g/mol. The molecule has 1 saturated carbocycles. The fourth-order valence-corrected chi connectivity index (χ4v) is 2.36. The van der Waals surface area contributed by atoms with Crippen LogP contribution < -0.4 is 11.1 Å². The van der Waals surface area contributed by atoms with Crippen LogP contribution >= 0.6 is 0 Å². The maximum Gasteiger partial charge on any atom is 0.253 e. The normalized spacial score (nSPS) is 22.9. The molecule has 2 atom stereocenters. The SMILES string of the molecule is COC1CCCC1NC(=O)c1cc(O)ccc1N. The molecule has 1 aromatic carbocycles. The summed E-state index contributed by atoms with van der Waals surface area (Å²) < 4.78 is 5.32. The molecule has 4 N–H and O–H groups in total. The lowest BCUT2D eigenvalue weighted by Gasteiger charge is -2.20. The summed E-state index contributed by atoms with van der Waals surface area (Å²) in [4.78, 5) is 12.1. The molecule has 1 aliphatic carbocycles. The van der Waals surface area contributed by atoms with Gasteiger partial charge < -0.3 is 20.9 Å². The molecule has 5 nitrogen and oxygen atoms in total. The highest BCUT2D eigenvalue weighted by molar-refractivity contribution is 5.99. The first-order valence-corrected chi connectivity index (χ1v) is 6.04. The predicted octanol–water partition coefficient (Wildman–Crippen LogP) is 1.27. The quantitative estimate of drug-likeness (QED) is 0.557. The molecule has 0 spiro atoms. The molecule has 0 aliphatic heterocycles. The Morgan fingerprint density at radius 1 is 1.50 bits per heavy atom. The number of nitrogens with one attached hydrogen (secondary N) is 1. The van der Waals surface area contributed by atoms with Gasteiger partial charge in [0.2, 0.25) is 0 Å². The summed E-state index contributed by atoms with van der Waals surface area (Å²) in [5.74, 6) is -0.235. The van der Waals surface area contributed by atoms with Gasteiger partial charge in [0.15, 0.2) is 0 Å². The second kappa shape index (κ2) is 5.27. The molecule has 1 aromatic rings. The average Bonchev–Trinajstić information content (AvgIpc) is 2.79. The Bertz CT molecular complexity index is 448. The van der Waals surface area contributed by atoms with E-state index in [9.17, 15) is 9.90 Å². The molecule has 1 aliphatic rings. The van der Waals surface area contributed by atoms with E-state index in [4.69, 9.17) is 10.5 Å². The van der Waals surface area contributed by atoms with E-state index in [1.165, 1.54) is 18.2 Å². The predicted molar refractivity (Wildman–Crippen MR) is 68.4 cm³/mol. The van der Waals surface area contributed by atoms with Crippen molar-refractivity contribution in [1.29, 1.82) is 0 Å². The topological polar surface area (TPSA) is 84.6 Å². The van der Waals surface area contributed by atoms with E-state index >= 15 is 0 Å². The zero-order valence-electron chi connectivity index (χ0n) is 10.3. The minimum absolute atomic E-state index is 0.0178. The Hall–Kier alpha value is -1.75. The van der Waals surface area contributed by atoms with Crippen molar-refractivity contribution in [3.05, 3.63) is 23.8 Å². The van der Waals surface area contributed by atoms with Gasteiger partial charge >= 0.3 is 0 Å². The number of ether oxygens (including phenoxy) is 1. The Balaban J connectivity index is 2.09. The molecule has 1 fully saturated rings. The van der Waals surface area contributed by atoms with E-state index in [1.54, 1.807) is 7.11 Å². The van der Waals surface area contributed by atoms with Crippen LogP contribution in [-0.4, -0.2) is 30.3 Å². The minimum atomic E-state index is -0.266. The third-order valence-electron chi connectivity index (χ3n) is 3.35. The molecule has 5 heteroatoms. The number of hydrogen-bond acceptors (Lipinski definition) is 4. The monoisotopic (exact) mass is 250 g/mol. The van der Waals surface area contributed by atoms with Gasteiger partial charge in [-0.3, -0.25) is 4.79 Å². The number of nitrogen functional groups attached to an aromatic ring is 1. The van der Waals surface area contributed by atoms with Crippen LogP contribution in [-0.2, 0) is 4.74 Å². The molecule has 2 rings (SSSR count). The number of phenols is 1. The van der Waals surface area contributed by atoms with Gasteiger partial charge in [0.1, 0.15) is 5.75 Å². The van der Waals surface area contributed by atoms with Crippen LogP contribution in [0.3, 0.4) is 0 Å². The van der Waals surface area contributed by atoms with Crippen molar-refractivity contribution in [2.45, 2.75) is 31.4 Å². The van der Waals surface area contributed by atoms with Gasteiger partial charge in [-0.15, -0.1) is 0 Å². The average molecular weight is 250 g/mol. The van der Waals surface area contributed by atoms with Gasteiger partial charge in [-0.25, -0.2) is 0 Å². The maximum atomic E-state index is 12.1. The molecule has 2 unspecified atom stereocenters. The molecule has 0 saturated heterocycles. The number of carbonyl (C=O) groups is 1. The summed E-state index contributed by atoms with van der Waals surface area (Å²) >= 11 is 0. The Kier molecular flexibility index (Phi) is 3.72. The zero-order valence-corrected chi connectivity index (χ0v) is 10.3. The summed E-state index contributed by atoms with van der Waals surface area (Å²) in [6, 6.07) is 4.37. The second-order valence-electron chi connectivity index (χ2n) is 4.56. The van der Waals surface area contributed by atoms with Crippen molar-refractivity contribution < 1.29 is 14.6 Å². The first-order valence-electron chi connectivity index (χ1n) is 6.04. The maximum absolute atomic E-state index is 12.1. The van der Waals surface area contributed by atoms with E-state index < -0.39 is 0 Å². The molecule has 0 heterocycles. The molecule has 0 aromatic heterocycles. The standard InChI is InChI=1S/C13H18N2O3/c1-18-12-4-2-3-11(12)15-13(17)9-7-8(16)5-6-10(9)14/h5-7,11-12,16H,2-4,14H2,1H3,(H,15,17). The van der Waals surface area contributed by atoms with Crippen LogP contribution in [0.25, 0.3) is 0 Å². The van der Waals surface area contributed by atoms with Crippen molar-refractivity contribution in [3.8, 4) is 5.75 Å². The molecule has 0 radical (unpaired) electrons. The number of carbonyl (C=O) groups excluding carboxylic acids is 1. The highest BCUT2D eigenvalue weighted by atomic mass is 16.5. The number of methoxy groups -OCH3 is 1.